The van der Waals surface area contributed by atoms with Crippen molar-refractivity contribution >= 4 is 41.8 Å². The highest BCUT2D eigenvalue weighted by atomic mass is 16.8. The lowest BCUT2D eigenvalue weighted by molar-refractivity contribution is -0.346. The van der Waals surface area contributed by atoms with Crippen LogP contribution in [0.5, 0.6) is 0 Å². The molecule has 2 fully saturated rings. The average Bonchev–Trinajstić information content (AvgIpc) is 3.12. The number of rotatable bonds is 16. The van der Waals surface area contributed by atoms with Gasteiger partial charge >= 0.3 is 35.9 Å². The molecule has 0 saturated carbocycles. The number of esters is 5. The summed E-state index contributed by atoms with van der Waals surface area (Å²) in [6.45, 7) is 3.00. The number of amides is 2. The smallest absolute Gasteiger partial charge is 0.408 e. The molecular formula is C34H46N2O19. The van der Waals surface area contributed by atoms with Crippen LogP contribution in [0.15, 0.2) is 30.3 Å². The summed E-state index contributed by atoms with van der Waals surface area (Å²) in [4.78, 5) is 86.2. The van der Waals surface area contributed by atoms with Crippen molar-refractivity contribution in [2.45, 2.75) is 109 Å². The Hall–Kier alpha value is -4.93. The third-order valence-electron chi connectivity index (χ3n) is 7.88. The van der Waals surface area contributed by atoms with Gasteiger partial charge in [0.1, 0.15) is 43.7 Å². The minimum atomic E-state index is -1.83. The molecule has 1 aromatic rings. The summed E-state index contributed by atoms with van der Waals surface area (Å²) < 4.78 is 55.0. The summed E-state index contributed by atoms with van der Waals surface area (Å²) in [6.07, 6.45) is -15.8. The van der Waals surface area contributed by atoms with Crippen molar-refractivity contribution in [1.82, 2.24) is 10.6 Å². The van der Waals surface area contributed by atoms with Gasteiger partial charge in [0.25, 0.3) is 0 Å². The highest BCUT2D eigenvalue weighted by Crippen LogP contribution is 2.33. The molecule has 4 N–H and O–H groups in total. The monoisotopic (exact) mass is 786 g/mol. The van der Waals surface area contributed by atoms with E-state index in [0.29, 0.717) is 5.56 Å². The van der Waals surface area contributed by atoms with E-state index in [4.69, 9.17) is 47.4 Å². The fraction of sp³-hybridized carbons (Fsp3) is 0.618. The van der Waals surface area contributed by atoms with E-state index in [1.807, 2.05) is 0 Å². The maximum atomic E-state index is 12.7. The highest BCUT2D eigenvalue weighted by molar-refractivity contribution is 5.81. The molecule has 0 aliphatic carbocycles. The number of carbonyl (C=O) groups is 7. The Balaban J connectivity index is 1.96. The zero-order chi connectivity index (χ0) is 40.8. The fourth-order valence-electron chi connectivity index (χ4n) is 5.62. The fourth-order valence-corrected chi connectivity index (χ4v) is 5.62. The first kappa shape index (κ1) is 44.5. The summed E-state index contributed by atoms with van der Waals surface area (Å²) in [7, 11) is 1.05. The molecule has 11 atom stereocenters. The molecular weight excluding hydrogens is 740 g/mol. The zero-order valence-corrected chi connectivity index (χ0v) is 30.9. The summed E-state index contributed by atoms with van der Waals surface area (Å²) in [5.74, 6) is -5.18. The third-order valence-corrected chi connectivity index (χ3v) is 7.88. The van der Waals surface area contributed by atoms with Gasteiger partial charge < -0.3 is 68.2 Å². The lowest BCUT2D eigenvalue weighted by Crippen LogP contribution is -2.69. The summed E-state index contributed by atoms with van der Waals surface area (Å²) in [5.41, 5.74) is 0.661. The second kappa shape index (κ2) is 21.2. The van der Waals surface area contributed by atoms with E-state index in [9.17, 15) is 43.8 Å². The molecule has 0 radical (unpaired) electrons. The molecule has 21 heteroatoms. The predicted octanol–water partition coefficient (Wildman–Crippen LogP) is -1.48. The molecule has 2 aliphatic heterocycles. The molecule has 306 valence electrons. The van der Waals surface area contributed by atoms with Gasteiger partial charge in [-0.15, -0.1) is 0 Å². The molecule has 55 heavy (non-hydrogen) atoms. The lowest BCUT2D eigenvalue weighted by atomic mass is 9.95. The van der Waals surface area contributed by atoms with Crippen molar-refractivity contribution < 1.29 is 91.1 Å². The van der Waals surface area contributed by atoms with Crippen LogP contribution >= 0.6 is 0 Å². The van der Waals surface area contributed by atoms with Crippen LogP contribution in [0.4, 0.5) is 4.79 Å². The minimum absolute atomic E-state index is 0.133. The Morgan fingerprint density at radius 2 is 1.36 bits per heavy atom. The van der Waals surface area contributed by atoms with Crippen LogP contribution in [0.1, 0.15) is 40.2 Å². The zero-order valence-electron chi connectivity index (χ0n) is 30.9. The molecule has 21 nitrogen and oxygen atoms in total. The van der Waals surface area contributed by atoms with Crippen molar-refractivity contribution in [3.8, 4) is 0 Å². The molecule has 1 aromatic carbocycles. The third kappa shape index (κ3) is 13.4. The van der Waals surface area contributed by atoms with Gasteiger partial charge in [0.2, 0.25) is 5.91 Å². The van der Waals surface area contributed by atoms with Gasteiger partial charge in [-0.2, -0.15) is 0 Å². The quantitative estimate of drug-likeness (QED) is 0.110. The molecule has 2 aliphatic rings. The van der Waals surface area contributed by atoms with Crippen molar-refractivity contribution in [1.29, 1.82) is 0 Å². The lowest BCUT2D eigenvalue weighted by Gasteiger charge is -2.48. The molecule has 2 heterocycles. The maximum absolute atomic E-state index is 12.7. The van der Waals surface area contributed by atoms with Gasteiger partial charge in [0.05, 0.1) is 20.3 Å². The topological polar surface area (TPSA) is 276 Å². The second-order valence-electron chi connectivity index (χ2n) is 12.2. The van der Waals surface area contributed by atoms with Crippen molar-refractivity contribution in [2.75, 3.05) is 26.9 Å². The van der Waals surface area contributed by atoms with Gasteiger partial charge in [-0.1, -0.05) is 30.3 Å². The normalized spacial score (nSPS) is 28.0. The Kier molecular flexibility index (Phi) is 17.2. The number of alkyl carbamates (subject to hydrolysis) is 1. The van der Waals surface area contributed by atoms with Crippen molar-refractivity contribution in [3.63, 3.8) is 0 Å². The molecule has 0 aromatic heterocycles. The first-order chi connectivity index (χ1) is 26.0. The first-order valence-corrected chi connectivity index (χ1v) is 16.9. The molecule has 11 unspecified atom stereocenters. The van der Waals surface area contributed by atoms with Crippen LogP contribution in [0.2, 0.25) is 0 Å². The van der Waals surface area contributed by atoms with Crippen molar-refractivity contribution in [2.24, 2.45) is 0 Å². The van der Waals surface area contributed by atoms with Crippen LogP contribution in [-0.2, 0) is 82.7 Å². The van der Waals surface area contributed by atoms with Crippen LogP contribution < -0.4 is 10.6 Å². The number of benzene rings is 1. The maximum Gasteiger partial charge on any atom is 0.408 e. The number of nitrogens with one attached hydrogen (secondary N) is 2. The number of hydrogen-bond donors (Lipinski definition) is 4. The van der Waals surface area contributed by atoms with E-state index in [1.165, 1.54) is 0 Å². The van der Waals surface area contributed by atoms with E-state index in [-0.39, 0.29) is 6.61 Å². The van der Waals surface area contributed by atoms with Gasteiger partial charge in [-0.05, 0) is 5.56 Å². The van der Waals surface area contributed by atoms with Crippen LogP contribution in [0.25, 0.3) is 0 Å². The summed E-state index contributed by atoms with van der Waals surface area (Å²) in [6, 6.07) is 5.66. The number of carbonyl (C=O) groups excluding carboxylic acids is 7. The number of hydrogen-bond acceptors (Lipinski definition) is 19. The molecule has 0 spiro atoms. The van der Waals surface area contributed by atoms with E-state index in [1.54, 1.807) is 30.3 Å². The van der Waals surface area contributed by atoms with Gasteiger partial charge in [-0.3, -0.25) is 24.0 Å². The van der Waals surface area contributed by atoms with Gasteiger partial charge in [0.15, 0.2) is 36.9 Å². The Morgan fingerprint density at radius 3 is 1.93 bits per heavy atom. The van der Waals surface area contributed by atoms with Gasteiger partial charge in [-0.25, -0.2) is 9.59 Å². The molecule has 2 amide bonds. The Labute approximate surface area is 315 Å². The standard InChI is InChI=1S/C34H46N2O19/c1-16(38)35-25-28(55-33-30(52-20(5)42)29(51-19(4)41)27(50-18(3)40)24(54-33)15-47-17(2)39)26(43)23(12-37)53-32(25)48-14-22(31(44)46-6)36-34(45)49-13-21-10-8-7-9-11-21/h7-11,22-30,32-33,37,43H,12-15H2,1-6H3,(H,35,38)(H,36,45). The Morgan fingerprint density at radius 1 is 0.764 bits per heavy atom. The number of methoxy groups -OCH3 is 1. The van der Waals surface area contributed by atoms with Crippen molar-refractivity contribution in [3.05, 3.63) is 35.9 Å². The van der Waals surface area contributed by atoms with Crippen LogP contribution in [0.3, 0.4) is 0 Å². The number of aliphatic hydroxyl groups is 2. The number of ether oxygens (including phenoxy) is 10. The van der Waals surface area contributed by atoms with Crippen LogP contribution in [0, 0.1) is 0 Å². The van der Waals surface area contributed by atoms with E-state index >= 15 is 0 Å². The highest BCUT2D eigenvalue weighted by Gasteiger charge is 2.56. The SMILES string of the molecule is COC(=O)C(COC1OC(CO)C(O)C(OC2OC(COC(C)=O)C(OC(C)=O)C(OC(C)=O)C2OC(C)=O)C1NC(C)=O)NC(=O)OCc1ccccc1. The Bertz CT molecular complexity index is 1490. The van der Waals surface area contributed by atoms with E-state index < -0.39 is 129 Å². The van der Waals surface area contributed by atoms with Gasteiger partial charge in [0, 0.05) is 34.6 Å². The van der Waals surface area contributed by atoms with Crippen LogP contribution in [-0.4, -0.2) is 146 Å². The van der Waals surface area contributed by atoms with E-state index in [2.05, 4.69) is 10.6 Å². The summed E-state index contributed by atoms with van der Waals surface area (Å²) in [5, 5.41) is 26.4. The predicted molar refractivity (Wildman–Crippen MR) is 178 cm³/mol. The second-order valence-corrected chi connectivity index (χ2v) is 12.2. The summed E-state index contributed by atoms with van der Waals surface area (Å²) >= 11 is 0. The van der Waals surface area contributed by atoms with E-state index in [0.717, 1.165) is 41.7 Å². The molecule has 2 saturated heterocycles. The molecule has 3 rings (SSSR count). The number of aliphatic hydroxyl groups excluding tert-OH is 2. The average molecular weight is 787 g/mol. The minimum Gasteiger partial charge on any atom is -0.467 e. The first-order valence-electron chi connectivity index (χ1n) is 16.9. The molecule has 0 bridgehead atoms. The largest absolute Gasteiger partial charge is 0.467 e.